The van der Waals surface area contributed by atoms with Crippen LogP contribution in [-0.2, 0) is 0 Å². The van der Waals surface area contributed by atoms with Gasteiger partial charge in [-0.15, -0.1) is 0 Å². The molecule has 0 radical (unpaired) electrons. The summed E-state index contributed by atoms with van der Waals surface area (Å²) in [6.45, 7) is 3.40. The van der Waals surface area contributed by atoms with Gasteiger partial charge in [0.05, 0.1) is 11.3 Å². The van der Waals surface area contributed by atoms with E-state index >= 15 is 0 Å². The van der Waals surface area contributed by atoms with Crippen molar-refractivity contribution in [2.75, 3.05) is 0 Å². The molecule has 0 saturated carbocycles. The number of carboxylic acids is 1. The zero-order valence-corrected chi connectivity index (χ0v) is 10.0. The first-order chi connectivity index (χ1) is 8.43. The summed E-state index contributed by atoms with van der Waals surface area (Å²) < 4.78 is 1.27. The molecule has 0 fully saturated rings. The second-order valence-electron chi connectivity index (χ2n) is 4.08. The molecule has 1 heterocycles. The number of carboxylic acid groups (broad SMARTS) is 1. The van der Waals surface area contributed by atoms with E-state index in [1.807, 2.05) is 0 Å². The molecule has 1 aromatic carbocycles. The molecule has 0 aliphatic rings. The van der Waals surface area contributed by atoms with E-state index < -0.39 is 5.97 Å². The lowest BCUT2D eigenvalue weighted by Crippen LogP contribution is -1.98. The molecule has 0 aliphatic carbocycles. The molecule has 2 aromatic rings. The molecule has 0 aliphatic heterocycles. The fraction of sp³-hybridized carbons (Fsp3) is 0.154. The van der Waals surface area contributed by atoms with E-state index in [1.165, 1.54) is 28.8 Å². The lowest BCUT2D eigenvalue weighted by atomic mass is 10.2. The highest BCUT2D eigenvalue weighted by molar-refractivity contribution is 5.87. The highest BCUT2D eigenvalue weighted by Crippen LogP contribution is 2.35. The van der Waals surface area contributed by atoms with Gasteiger partial charge in [-0.05, 0) is 38.1 Å². The van der Waals surface area contributed by atoms with Crippen LogP contribution in [0.25, 0.3) is 5.69 Å². The second-order valence-corrected chi connectivity index (χ2v) is 4.08. The summed E-state index contributed by atoms with van der Waals surface area (Å²) in [7, 11) is 0. The van der Waals surface area contributed by atoms with Crippen molar-refractivity contribution in [2.45, 2.75) is 13.8 Å². The van der Waals surface area contributed by atoms with E-state index in [9.17, 15) is 15.0 Å². The maximum Gasteiger partial charge on any atom is 0.335 e. The van der Waals surface area contributed by atoms with Crippen molar-refractivity contribution >= 4 is 5.97 Å². The SMILES string of the molecule is Cc1c(C)c(O)n(-c2ccc(C(=O)O)cc2)c1O. The van der Waals surface area contributed by atoms with Crippen LogP contribution in [0.15, 0.2) is 24.3 Å². The molecule has 5 nitrogen and oxygen atoms in total. The first kappa shape index (κ1) is 12.0. The van der Waals surface area contributed by atoms with Crippen molar-refractivity contribution in [1.82, 2.24) is 4.57 Å². The average Bonchev–Trinajstić information content (AvgIpc) is 2.54. The van der Waals surface area contributed by atoms with Gasteiger partial charge in [0.15, 0.2) is 0 Å². The number of aromatic nitrogens is 1. The summed E-state index contributed by atoms with van der Waals surface area (Å²) in [6.07, 6.45) is 0. The van der Waals surface area contributed by atoms with Crippen LogP contribution in [0.3, 0.4) is 0 Å². The molecular formula is C13H13NO4. The van der Waals surface area contributed by atoms with E-state index in [2.05, 4.69) is 0 Å². The highest BCUT2D eigenvalue weighted by atomic mass is 16.4. The van der Waals surface area contributed by atoms with Crippen molar-refractivity contribution in [3.63, 3.8) is 0 Å². The summed E-state index contributed by atoms with van der Waals surface area (Å²) >= 11 is 0. The Morgan fingerprint density at radius 3 is 1.83 bits per heavy atom. The number of carbonyl (C=O) groups is 1. The van der Waals surface area contributed by atoms with Gasteiger partial charge in [0.1, 0.15) is 0 Å². The van der Waals surface area contributed by atoms with Crippen LogP contribution < -0.4 is 0 Å². The molecule has 18 heavy (non-hydrogen) atoms. The number of rotatable bonds is 2. The van der Waals surface area contributed by atoms with Gasteiger partial charge in [-0.2, -0.15) is 0 Å². The Bertz CT molecular complexity index is 585. The minimum atomic E-state index is -1.02. The molecule has 2 rings (SSSR count). The third kappa shape index (κ3) is 1.69. The Balaban J connectivity index is 2.56. The van der Waals surface area contributed by atoms with Crippen molar-refractivity contribution in [3.8, 4) is 17.4 Å². The Morgan fingerprint density at radius 2 is 1.44 bits per heavy atom. The smallest absolute Gasteiger partial charge is 0.335 e. The lowest BCUT2D eigenvalue weighted by molar-refractivity contribution is 0.0697. The van der Waals surface area contributed by atoms with Crippen molar-refractivity contribution in [3.05, 3.63) is 41.0 Å². The molecule has 0 amide bonds. The molecule has 3 N–H and O–H groups in total. The first-order valence-corrected chi connectivity index (χ1v) is 5.37. The summed E-state index contributed by atoms with van der Waals surface area (Å²) in [6, 6.07) is 5.89. The third-order valence-electron chi connectivity index (χ3n) is 3.03. The molecule has 0 bridgehead atoms. The maximum absolute atomic E-state index is 10.7. The molecule has 0 spiro atoms. The standard InChI is InChI=1S/C13H13NO4/c1-7-8(2)12(16)14(11(7)15)10-5-3-9(4-6-10)13(17)18/h3-6,15-16H,1-2H3,(H,17,18). The van der Waals surface area contributed by atoms with Crippen LogP contribution in [0, 0.1) is 13.8 Å². The topological polar surface area (TPSA) is 82.7 Å². The molecule has 94 valence electrons. The summed E-state index contributed by atoms with van der Waals surface area (Å²) in [4.78, 5) is 10.7. The minimum absolute atomic E-state index is 0.0481. The highest BCUT2D eigenvalue weighted by Gasteiger charge is 2.17. The molecule has 0 atom stereocenters. The van der Waals surface area contributed by atoms with Gasteiger partial charge in [0.25, 0.3) is 0 Å². The van der Waals surface area contributed by atoms with Gasteiger partial charge in [0.2, 0.25) is 11.8 Å². The van der Waals surface area contributed by atoms with E-state index in [4.69, 9.17) is 5.11 Å². The lowest BCUT2D eigenvalue weighted by Gasteiger charge is -2.07. The van der Waals surface area contributed by atoms with Crippen LogP contribution in [0.4, 0.5) is 0 Å². The van der Waals surface area contributed by atoms with Crippen LogP contribution in [-0.4, -0.2) is 25.9 Å². The number of benzene rings is 1. The largest absolute Gasteiger partial charge is 0.494 e. The van der Waals surface area contributed by atoms with Crippen LogP contribution in [0.5, 0.6) is 11.8 Å². The van der Waals surface area contributed by atoms with Gasteiger partial charge >= 0.3 is 5.97 Å². The van der Waals surface area contributed by atoms with E-state index in [0.29, 0.717) is 16.8 Å². The normalized spacial score (nSPS) is 10.6. The molecule has 0 unspecified atom stereocenters. The minimum Gasteiger partial charge on any atom is -0.494 e. The Morgan fingerprint density at radius 1 is 1.00 bits per heavy atom. The van der Waals surface area contributed by atoms with Crippen molar-refractivity contribution < 1.29 is 20.1 Å². The van der Waals surface area contributed by atoms with Crippen LogP contribution in [0.2, 0.25) is 0 Å². The summed E-state index contributed by atoms with van der Waals surface area (Å²) in [5.41, 5.74) is 1.84. The van der Waals surface area contributed by atoms with E-state index in [-0.39, 0.29) is 17.3 Å². The van der Waals surface area contributed by atoms with Crippen molar-refractivity contribution in [2.24, 2.45) is 0 Å². The van der Waals surface area contributed by atoms with Gasteiger partial charge in [-0.1, -0.05) is 0 Å². The predicted octanol–water partition coefficient (Wildman–Crippen LogP) is 2.20. The van der Waals surface area contributed by atoms with Crippen LogP contribution in [0.1, 0.15) is 21.5 Å². The quantitative estimate of drug-likeness (QED) is 0.759. The zero-order chi connectivity index (χ0) is 13.4. The fourth-order valence-electron chi connectivity index (χ4n) is 1.77. The van der Waals surface area contributed by atoms with Crippen molar-refractivity contribution in [1.29, 1.82) is 0 Å². The van der Waals surface area contributed by atoms with E-state index in [1.54, 1.807) is 13.8 Å². The fourth-order valence-corrected chi connectivity index (χ4v) is 1.77. The predicted molar refractivity (Wildman–Crippen MR) is 65.5 cm³/mol. The number of aromatic hydroxyl groups is 2. The summed E-state index contributed by atoms with van der Waals surface area (Å²) in [5, 5.41) is 28.6. The van der Waals surface area contributed by atoms with Gasteiger partial charge in [-0.3, -0.25) is 4.57 Å². The average molecular weight is 247 g/mol. The number of hydrogen-bond acceptors (Lipinski definition) is 3. The Kier molecular flexibility index (Phi) is 2.74. The van der Waals surface area contributed by atoms with E-state index in [0.717, 1.165) is 0 Å². The molecule has 0 saturated heterocycles. The second kappa shape index (κ2) is 4.10. The zero-order valence-electron chi connectivity index (χ0n) is 10.0. The Labute approximate surface area is 104 Å². The number of hydrogen-bond donors (Lipinski definition) is 3. The third-order valence-corrected chi connectivity index (χ3v) is 3.03. The Hall–Kier alpha value is -2.43. The van der Waals surface area contributed by atoms with Gasteiger partial charge < -0.3 is 15.3 Å². The summed E-state index contributed by atoms with van der Waals surface area (Å²) in [5.74, 6) is -1.11. The maximum atomic E-state index is 10.7. The van der Waals surface area contributed by atoms with Crippen LogP contribution >= 0.6 is 0 Å². The molecular weight excluding hydrogens is 234 g/mol. The number of nitrogens with zero attached hydrogens (tertiary/aromatic N) is 1. The number of aromatic carboxylic acids is 1. The van der Waals surface area contributed by atoms with Gasteiger partial charge in [-0.25, -0.2) is 4.79 Å². The monoisotopic (exact) mass is 247 g/mol. The molecule has 1 aromatic heterocycles. The molecule has 5 heteroatoms. The van der Waals surface area contributed by atoms with Gasteiger partial charge in [0, 0.05) is 11.1 Å². The first-order valence-electron chi connectivity index (χ1n) is 5.37.